The Bertz CT molecular complexity index is 253. The summed E-state index contributed by atoms with van der Waals surface area (Å²) in [5, 5.41) is 7.35. The molecule has 0 aromatic rings. The van der Waals surface area contributed by atoms with Crippen molar-refractivity contribution in [1.29, 1.82) is 0 Å². The van der Waals surface area contributed by atoms with Gasteiger partial charge >= 0.3 is 0 Å². The molecule has 98 valence electrons. The molecule has 3 aliphatic heterocycles. The number of hydrogen-bond acceptors (Lipinski definition) is 3. The number of hydrogen-bond donors (Lipinski definition) is 3. The van der Waals surface area contributed by atoms with Gasteiger partial charge in [-0.25, -0.2) is 0 Å². The molecule has 0 aromatic carbocycles. The lowest BCUT2D eigenvalue weighted by Gasteiger charge is -2.44. The predicted octanol–water partition coefficient (Wildman–Crippen LogP) is 1.09. The van der Waals surface area contributed by atoms with Crippen molar-refractivity contribution in [3.05, 3.63) is 0 Å². The summed E-state index contributed by atoms with van der Waals surface area (Å²) in [7, 11) is 0. The van der Waals surface area contributed by atoms with Gasteiger partial charge in [0, 0.05) is 31.7 Å². The van der Waals surface area contributed by atoms with Gasteiger partial charge in [0.15, 0.2) is 0 Å². The number of nitrogens with one attached hydrogen (secondary N) is 2. The van der Waals surface area contributed by atoms with Crippen LogP contribution in [0.15, 0.2) is 0 Å². The summed E-state index contributed by atoms with van der Waals surface area (Å²) in [6.07, 6.45) is 6.88. The molecule has 17 heavy (non-hydrogen) atoms. The van der Waals surface area contributed by atoms with Crippen molar-refractivity contribution >= 4 is 0 Å². The standard InChI is InChI=1S/C14H27N3/c1-13-7-16-9-14(15,10-17-8-13)12-4-2-3-11(13)5-6-12/h11-12,16-17H,2-10,15H2,1H3. The molecule has 1 aliphatic carbocycles. The van der Waals surface area contributed by atoms with Crippen LogP contribution in [0.2, 0.25) is 0 Å². The van der Waals surface area contributed by atoms with E-state index in [1.165, 1.54) is 32.1 Å². The molecule has 4 bridgehead atoms. The predicted molar refractivity (Wildman–Crippen MR) is 70.8 cm³/mol. The molecular weight excluding hydrogens is 210 g/mol. The number of fused-ring (bicyclic) bond motifs is 4. The maximum atomic E-state index is 6.70. The molecule has 3 saturated heterocycles. The van der Waals surface area contributed by atoms with Crippen LogP contribution in [-0.2, 0) is 0 Å². The van der Waals surface area contributed by atoms with E-state index < -0.39 is 0 Å². The smallest absolute Gasteiger partial charge is 0.0435 e. The van der Waals surface area contributed by atoms with Crippen molar-refractivity contribution < 1.29 is 0 Å². The van der Waals surface area contributed by atoms with Gasteiger partial charge in [-0.2, -0.15) is 0 Å². The number of rotatable bonds is 0. The average molecular weight is 237 g/mol. The minimum atomic E-state index is -0.0133. The van der Waals surface area contributed by atoms with E-state index in [0.717, 1.165) is 32.1 Å². The summed E-state index contributed by atoms with van der Waals surface area (Å²) in [6, 6.07) is 0. The molecular formula is C14H27N3. The van der Waals surface area contributed by atoms with Crippen LogP contribution < -0.4 is 16.4 Å². The Hall–Kier alpha value is -0.120. The van der Waals surface area contributed by atoms with E-state index in [9.17, 15) is 0 Å². The van der Waals surface area contributed by atoms with Crippen LogP contribution in [-0.4, -0.2) is 31.7 Å². The lowest BCUT2D eigenvalue weighted by molar-refractivity contribution is 0.134. The highest BCUT2D eigenvalue weighted by molar-refractivity contribution is 5.03. The number of nitrogens with two attached hydrogens (primary N) is 1. The van der Waals surface area contributed by atoms with Crippen molar-refractivity contribution in [2.24, 2.45) is 23.0 Å². The zero-order valence-electron chi connectivity index (χ0n) is 11.1. The highest BCUT2D eigenvalue weighted by Gasteiger charge is 2.44. The Labute approximate surface area is 105 Å². The molecule has 4 rings (SSSR count). The third kappa shape index (κ3) is 2.02. The second kappa shape index (κ2) is 4.22. The summed E-state index contributed by atoms with van der Waals surface area (Å²) >= 11 is 0. The molecule has 4 N–H and O–H groups in total. The van der Waals surface area contributed by atoms with Gasteiger partial charge in [-0.3, -0.25) is 0 Å². The second-order valence-corrected chi connectivity index (χ2v) is 7.00. The summed E-state index contributed by atoms with van der Waals surface area (Å²) in [4.78, 5) is 0. The molecule has 3 nitrogen and oxygen atoms in total. The fourth-order valence-electron chi connectivity index (χ4n) is 4.44. The van der Waals surface area contributed by atoms with Crippen LogP contribution in [0.25, 0.3) is 0 Å². The zero-order valence-corrected chi connectivity index (χ0v) is 11.1. The van der Waals surface area contributed by atoms with Crippen molar-refractivity contribution in [2.75, 3.05) is 26.2 Å². The maximum Gasteiger partial charge on any atom is 0.0435 e. The Kier molecular flexibility index (Phi) is 2.96. The molecule has 2 unspecified atom stereocenters. The average Bonchev–Trinajstić information content (AvgIpc) is 2.49. The van der Waals surface area contributed by atoms with Crippen molar-refractivity contribution in [1.82, 2.24) is 10.6 Å². The van der Waals surface area contributed by atoms with Crippen LogP contribution >= 0.6 is 0 Å². The van der Waals surface area contributed by atoms with Gasteiger partial charge in [-0.1, -0.05) is 13.3 Å². The SMILES string of the molecule is CC12CNCC(N)(CNC1)C1CCCC2CC1. The first kappa shape index (κ1) is 11.9. The topological polar surface area (TPSA) is 50.1 Å². The van der Waals surface area contributed by atoms with Gasteiger partial charge in [0.1, 0.15) is 0 Å². The molecule has 4 aliphatic rings. The van der Waals surface area contributed by atoms with E-state index in [2.05, 4.69) is 17.6 Å². The normalized spacial score (nSPS) is 51.2. The van der Waals surface area contributed by atoms with Crippen LogP contribution in [0.4, 0.5) is 0 Å². The third-order valence-corrected chi connectivity index (χ3v) is 5.73. The summed E-state index contributed by atoms with van der Waals surface area (Å²) in [5.41, 5.74) is 7.12. The van der Waals surface area contributed by atoms with Crippen LogP contribution in [0.5, 0.6) is 0 Å². The van der Waals surface area contributed by atoms with Gasteiger partial charge < -0.3 is 16.4 Å². The molecule has 0 spiro atoms. The molecule has 3 heteroatoms. The molecule has 0 amide bonds. The van der Waals surface area contributed by atoms with Gasteiger partial charge in [0.05, 0.1) is 0 Å². The van der Waals surface area contributed by atoms with E-state index in [4.69, 9.17) is 5.73 Å². The Morgan fingerprint density at radius 1 is 0.882 bits per heavy atom. The summed E-state index contributed by atoms with van der Waals surface area (Å²) in [6.45, 7) is 6.72. The van der Waals surface area contributed by atoms with E-state index in [1.807, 2.05) is 0 Å². The Morgan fingerprint density at radius 2 is 1.47 bits per heavy atom. The largest absolute Gasteiger partial charge is 0.323 e. The second-order valence-electron chi connectivity index (χ2n) is 7.00. The molecule has 2 atom stereocenters. The monoisotopic (exact) mass is 237 g/mol. The van der Waals surface area contributed by atoms with Gasteiger partial charge in [0.25, 0.3) is 0 Å². The molecule has 0 radical (unpaired) electrons. The first-order chi connectivity index (χ1) is 8.12. The van der Waals surface area contributed by atoms with Gasteiger partial charge in [-0.05, 0) is 42.9 Å². The van der Waals surface area contributed by atoms with Crippen molar-refractivity contribution in [3.63, 3.8) is 0 Å². The quantitative estimate of drug-likeness (QED) is 0.591. The minimum absolute atomic E-state index is 0.0133. The first-order valence-electron chi connectivity index (χ1n) is 7.33. The fourth-order valence-corrected chi connectivity index (χ4v) is 4.44. The molecule has 0 aromatic heterocycles. The van der Waals surface area contributed by atoms with Crippen molar-refractivity contribution in [3.8, 4) is 0 Å². The van der Waals surface area contributed by atoms with Crippen molar-refractivity contribution in [2.45, 2.75) is 44.6 Å². The summed E-state index contributed by atoms with van der Waals surface area (Å²) < 4.78 is 0. The Morgan fingerprint density at radius 3 is 2.18 bits per heavy atom. The van der Waals surface area contributed by atoms with E-state index in [1.54, 1.807) is 0 Å². The summed E-state index contributed by atoms with van der Waals surface area (Å²) in [5.74, 6) is 1.60. The molecule has 4 fully saturated rings. The first-order valence-corrected chi connectivity index (χ1v) is 7.33. The van der Waals surface area contributed by atoms with Crippen LogP contribution in [0.1, 0.15) is 39.0 Å². The van der Waals surface area contributed by atoms with E-state index in [0.29, 0.717) is 11.3 Å². The molecule has 1 saturated carbocycles. The van der Waals surface area contributed by atoms with Gasteiger partial charge in [-0.15, -0.1) is 0 Å². The maximum absolute atomic E-state index is 6.70. The van der Waals surface area contributed by atoms with Crippen LogP contribution in [0.3, 0.4) is 0 Å². The third-order valence-electron chi connectivity index (χ3n) is 5.73. The highest BCUT2D eigenvalue weighted by Crippen LogP contribution is 2.43. The lowest BCUT2D eigenvalue weighted by atomic mass is 9.72. The van der Waals surface area contributed by atoms with E-state index in [-0.39, 0.29) is 5.54 Å². The highest BCUT2D eigenvalue weighted by atomic mass is 15.0. The van der Waals surface area contributed by atoms with Gasteiger partial charge in [0.2, 0.25) is 0 Å². The zero-order chi connectivity index (χ0) is 11.9. The Balaban J connectivity index is 1.97. The lowest BCUT2D eigenvalue weighted by Crippen LogP contribution is -2.64. The minimum Gasteiger partial charge on any atom is -0.323 e. The molecule has 3 heterocycles. The van der Waals surface area contributed by atoms with Crippen LogP contribution in [0, 0.1) is 17.3 Å². The fraction of sp³-hybridized carbons (Fsp3) is 1.00. The van der Waals surface area contributed by atoms with E-state index >= 15 is 0 Å².